The first-order valence-corrected chi connectivity index (χ1v) is 12.0. The highest BCUT2D eigenvalue weighted by molar-refractivity contribution is 6.30. The normalized spacial score (nSPS) is 16.6. The van der Waals surface area contributed by atoms with Crippen molar-refractivity contribution in [2.45, 2.75) is 25.9 Å². The highest BCUT2D eigenvalue weighted by atomic mass is 35.5. The second kappa shape index (κ2) is 8.36. The Labute approximate surface area is 198 Å². The van der Waals surface area contributed by atoms with Crippen molar-refractivity contribution in [1.29, 1.82) is 0 Å². The number of carbonyl (C=O) groups is 1. The number of halogens is 1. The number of carbonyl (C=O) groups excluding carboxylic acids is 1. The number of fused-ring (bicyclic) bond motifs is 2. The van der Waals surface area contributed by atoms with Gasteiger partial charge in [0.15, 0.2) is 0 Å². The van der Waals surface area contributed by atoms with Crippen LogP contribution in [-0.4, -0.2) is 51.3 Å². The number of anilines is 1. The molecule has 6 rings (SSSR count). The monoisotopic (exact) mass is 459 g/mol. The minimum absolute atomic E-state index is 0.0299. The first kappa shape index (κ1) is 20.5. The van der Waals surface area contributed by atoms with Crippen LogP contribution in [0.1, 0.15) is 23.3 Å². The zero-order valence-corrected chi connectivity index (χ0v) is 19.2. The van der Waals surface area contributed by atoms with Gasteiger partial charge in [0.25, 0.3) is 5.91 Å². The summed E-state index contributed by atoms with van der Waals surface area (Å²) in [6.45, 7) is 5.74. The Hall–Kier alpha value is -3.09. The summed E-state index contributed by atoms with van der Waals surface area (Å²) in [6, 6.07) is 15.9. The van der Waals surface area contributed by atoms with Crippen molar-refractivity contribution in [3.05, 3.63) is 71.6 Å². The van der Waals surface area contributed by atoms with Crippen molar-refractivity contribution in [1.82, 2.24) is 19.2 Å². The van der Waals surface area contributed by atoms with Crippen molar-refractivity contribution in [2.24, 2.45) is 0 Å². The lowest BCUT2D eigenvalue weighted by Crippen LogP contribution is -2.39. The maximum absolute atomic E-state index is 13.4. The Morgan fingerprint density at radius 2 is 1.70 bits per heavy atom. The minimum Gasteiger partial charge on any atom is -0.341 e. The van der Waals surface area contributed by atoms with Gasteiger partial charge in [-0.1, -0.05) is 23.7 Å². The fraction of sp³-hybridized carbons (Fsp3) is 0.308. The van der Waals surface area contributed by atoms with Crippen molar-refractivity contribution in [3.63, 3.8) is 0 Å². The summed E-state index contributed by atoms with van der Waals surface area (Å²) < 4.78 is 4.14. The molecule has 0 unspecified atom stereocenters. The van der Waals surface area contributed by atoms with Crippen LogP contribution >= 0.6 is 11.6 Å². The number of benzene rings is 2. The van der Waals surface area contributed by atoms with E-state index in [9.17, 15) is 4.79 Å². The molecule has 0 spiro atoms. The van der Waals surface area contributed by atoms with E-state index in [4.69, 9.17) is 11.6 Å². The largest absolute Gasteiger partial charge is 0.341 e. The summed E-state index contributed by atoms with van der Waals surface area (Å²) in [5.74, 6) is 0.0299. The van der Waals surface area contributed by atoms with Gasteiger partial charge in [0, 0.05) is 47.5 Å². The first-order valence-electron chi connectivity index (χ1n) is 11.6. The standard InChI is InChI=1S/C26H26ClN5O/c27-22-5-3-19(4-6-22)21-16-25-26(33)31(13-12-30(25)18-21)23-7-8-24-20(15-23)17-28-32(24)14-11-29-9-1-2-10-29/h3-8,15-18H,1-2,9-14H2. The predicted octanol–water partition coefficient (Wildman–Crippen LogP) is 4.91. The Kier molecular flexibility index (Phi) is 5.19. The van der Waals surface area contributed by atoms with Gasteiger partial charge < -0.3 is 14.4 Å². The van der Waals surface area contributed by atoms with E-state index in [-0.39, 0.29) is 5.91 Å². The van der Waals surface area contributed by atoms with Crippen molar-refractivity contribution >= 4 is 34.1 Å². The predicted molar refractivity (Wildman–Crippen MR) is 132 cm³/mol. The molecule has 4 heterocycles. The molecule has 2 aliphatic rings. The third-order valence-corrected chi connectivity index (χ3v) is 7.12. The molecule has 1 fully saturated rings. The second-order valence-electron chi connectivity index (χ2n) is 8.93. The van der Waals surface area contributed by atoms with Gasteiger partial charge in [0.2, 0.25) is 0 Å². The minimum atomic E-state index is 0.0299. The molecule has 0 atom stereocenters. The molecule has 1 saturated heterocycles. The van der Waals surface area contributed by atoms with Crippen LogP contribution < -0.4 is 4.90 Å². The summed E-state index contributed by atoms with van der Waals surface area (Å²) in [6.07, 6.45) is 6.58. The Balaban J connectivity index is 1.23. The van der Waals surface area contributed by atoms with Crippen LogP contribution in [0.4, 0.5) is 5.69 Å². The van der Waals surface area contributed by atoms with E-state index in [2.05, 4.69) is 37.6 Å². The molecule has 0 N–H and O–H groups in total. The fourth-order valence-corrected chi connectivity index (χ4v) is 5.16. The van der Waals surface area contributed by atoms with Gasteiger partial charge in [-0.15, -0.1) is 0 Å². The van der Waals surface area contributed by atoms with Crippen LogP contribution in [0.25, 0.3) is 22.0 Å². The highest BCUT2D eigenvalue weighted by Crippen LogP contribution is 2.30. The van der Waals surface area contributed by atoms with Crippen molar-refractivity contribution in [3.8, 4) is 11.1 Å². The maximum Gasteiger partial charge on any atom is 0.274 e. The van der Waals surface area contributed by atoms with E-state index in [1.165, 1.54) is 25.9 Å². The smallest absolute Gasteiger partial charge is 0.274 e. The van der Waals surface area contributed by atoms with Gasteiger partial charge in [-0.05, 0) is 67.9 Å². The topological polar surface area (TPSA) is 46.3 Å². The van der Waals surface area contributed by atoms with Crippen LogP contribution in [0.2, 0.25) is 5.02 Å². The van der Waals surface area contributed by atoms with E-state index in [1.54, 1.807) is 0 Å². The van der Waals surface area contributed by atoms with Gasteiger partial charge in [0.1, 0.15) is 5.69 Å². The molecule has 33 heavy (non-hydrogen) atoms. The van der Waals surface area contributed by atoms with E-state index in [0.29, 0.717) is 17.3 Å². The lowest BCUT2D eigenvalue weighted by molar-refractivity contribution is 0.0965. The lowest BCUT2D eigenvalue weighted by atomic mass is 10.1. The van der Waals surface area contributed by atoms with Crippen LogP contribution in [0.5, 0.6) is 0 Å². The molecule has 7 heteroatoms. The molecule has 0 saturated carbocycles. The van der Waals surface area contributed by atoms with Crippen molar-refractivity contribution in [2.75, 3.05) is 31.1 Å². The molecule has 168 valence electrons. The number of hydrogen-bond acceptors (Lipinski definition) is 3. The molecule has 1 amide bonds. The zero-order chi connectivity index (χ0) is 22.4. The molecule has 4 aromatic rings. The average Bonchev–Trinajstić information content (AvgIpc) is 3.58. The molecule has 0 radical (unpaired) electrons. The molecule has 6 nitrogen and oxygen atoms in total. The van der Waals surface area contributed by atoms with Gasteiger partial charge in [-0.3, -0.25) is 9.48 Å². The summed E-state index contributed by atoms with van der Waals surface area (Å²) in [5.41, 5.74) is 4.85. The number of amides is 1. The van der Waals surface area contributed by atoms with Crippen molar-refractivity contribution < 1.29 is 4.79 Å². The summed E-state index contributed by atoms with van der Waals surface area (Å²) >= 11 is 6.03. The molecule has 0 aliphatic carbocycles. The zero-order valence-electron chi connectivity index (χ0n) is 18.5. The molecular formula is C26H26ClN5O. The summed E-state index contributed by atoms with van der Waals surface area (Å²) in [7, 11) is 0. The number of hydrogen-bond donors (Lipinski definition) is 0. The van der Waals surface area contributed by atoms with Gasteiger partial charge >= 0.3 is 0 Å². The number of aromatic nitrogens is 3. The SMILES string of the molecule is O=C1c2cc(-c3ccc(Cl)cc3)cn2CCN1c1ccc2c(cnn2CCN2CCCC2)c1. The number of likely N-dealkylation sites (tertiary alicyclic amines) is 1. The maximum atomic E-state index is 13.4. The Bertz CT molecular complexity index is 1320. The summed E-state index contributed by atoms with van der Waals surface area (Å²) in [5, 5.41) is 6.40. The number of rotatable bonds is 5. The fourth-order valence-electron chi connectivity index (χ4n) is 5.03. The average molecular weight is 460 g/mol. The first-order chi connectivity index (χ1) is 16.2. The van der Waals surface area contributed by atoms with Crippen LogP contribution in [0.3, 0.4) is 0 Å². The van der Waals surface area contributed by atoms with E-state index >= 15 is 0 Å². The number of nitrogens with zero attached hydrogens (tertiary/aromatic N) is 5. The van der Waals surface area contributed by atoms with Gasteiger partial charge in [-0.2, -0.15) is 5.10 Å². The van der Waals surface area contributed by atoms with Crippen LogP contribution in [-0.2, 0) is 13.1 Å². The molecule has 2 aliphatic heterocycles. The molecule has 2 aromatic carbocycles. The highest BCUT2D eigenvalue weighted by Gasteiger charge is 2.27. The van der Waals surface area contributed by atoms with E-state index in [0.717, 1.165) is 47.4 Å². The quantitative estimate of drug-likeness (QED) is 0.426. The molecular weight excluding hydrogens is 434 g/mol. The summed E-state index contributed by atoms with van der Waals surface area (Å²) in [4.78, 5) is 17.7. The van der Waals surface area contributed by atoms with E-state index < -0.39 is 0 Å². The molecule has 2 aromatic heterocycles. The van der Waals surface area contributed by atoms with E-state index in [1.807, 2.05) is 47.5 Å². The Morgan fingerprint density at radius 3 is 2.52 bits per heavy atom. The van der Waals surface area contributed by atoms with Crippen LogP contribution in [0, 0.1) is 0 Å². The lowest BCUT2D eigenvalue weighted by Gasteiger charge is -2.28. The molecule has 0 bridgehead atoms. The Morgan fingerprint density at radius 1 is 0.879 bits per heavy atom. The third kappa shape index (κ3) is 3.83. The van der Waals surface area contributed by atoms with Crippen LogP contribution in [0.15, 0.2) is 60.9 Å². The second-order valence-corrected chi connectivity index (χ2v) is 9.37. The van der Waals surface area contributed by atoms with Gasteiger partial charge in [-0.25, -0.2) is 0 Å². The van der Waals surface area contributed by atoms with Gasteiger partial charge in [0.05, 0.1) is 18.3 Å². The third-order valence-electron chi connectivity index (χ3n) is 6.87.